The van der Waals surface area contributed by atoms with E-state index in [1.807, 2.05) is 50.2 Å². The topological polar surface area (TPSA) is 138 Å². The Labute approximate surface area is 259 Å². The lowest BCUT2D eigenvalue weighted by atomic mass is 10.1. The normalized spacial score (nSPS) is 13.3. The summed E-state index contributed by atoms with van der Waals surface area (Å²) in [7, 11) is 3.10. The maximum Gasteiger partial charge on any atom is 0.252 e. The average Bonchev–Trinajstić information content (AvgIpc) is 3.55. The van der Waals surface area contributed by atoms with Crippen molar-refractivity contribution in [3.8, 4) is 0 Å². The number of amides is 2. The van der Waals surface area contributed by atoms with Gasteiger partial charge < -0.3 is 34.0 Å². The van der Waals surface area contributed by atoms with E-state index >= 15 is 0 Å². The van der Waals surface area contributed by atoms with Crippen molar-refractivity contribution in [1.29, 1.82) is 0 Å². The fourth-order valence-corrected chi connectivity index (χ4v) is 4.92. The first-order chi connectivity index (χ1) is 21.6. The molecule has 11 heteroatoms. The van der Waals surface area contributed by atoms with Gasteiger partial charge in [0.25, 0.3) is 11.1 Å². The van der Waals surface area contributed by atoms with Crippen molar-refractivity contribution in [3.63, 3.8) is 0 Å². The number of benzene rings is 2. The van der Waals surface area contributed by atoms with Crippen molar-refractivity contribution in [1.82, 2.24) is 19.8 Å². The summed E-state index contributed by atoms with van der Waals surface area (Å²) >= 11 is 0. The summed E-state index contributed by atoms with van der Waals surface area (Å²) in [6.07, 6.45) is 6.34. The number of aromatic nitrogens is 2. The molecule has 45 heavy (non-hydrogen) atoms. The second-order valence-corrected chi connectivity index (χ2v) is 10.4. The van der Waals surface area contributed by atoms with Crippen LogP contribution in [0, 0.1) is 13.8 Å². The second kappa shape index (κ2) is 15.0. The summed E-state index contributed by atoms with van der Waals surface area (Å²) in [6.45, 7) is 5.34. The molecule has 2 amide bonds. The van der Waals surface area contributed by atoms with Crippen LogP contribution in [0.3, 0.4) is 0 Å². The van der Waals surface area contributed by atoms with Gasteiger partial charge in [0.2, 0.25) is 11.8 Å². The van der Waals surface area contributed by atoms with Crippen LogP contribution in [0.5, 0.6) is 0 Å². The highest BCUT2D eigenvalue weighted by molar-refractivity contribution is 5.97. The van der Waals surface area contributed by atoms with Crippen molar-refractivity contribution < 1.29 is 23.9 Å². The van der Waals surface area contributed by atoms with E-state index in [1.54, 1.807) is 23.8 Å². The Kier molecular flexibility index (Phi) is 11.0. The van der Waals surface area contributed by atoms with Crippen molar-refractivity contribution in [3.05, 3.63) is 104 Å². The number of fused-ring (bicyclic) bond motifs is 2. The third kappa shape index (κ3) is 8.08. The summed E-state index contributed by atoms with van der Waals surface area (Å²) in [5.41, 5.74) is 4.49. The van der Waals surface area contributed by atoms with Gasteiger partial charge in [-0.1, -0.05) is 24.3 Å². The Balaban J connectivity index is 0.000000207. The van der Waals surface area contributed by atoms with Crippen LogP contribution in [-0.2, 0) is 36.9 Å². The van der Waals surface area contributed by atoms with Crippen LogP contribution in [0.1, 0.15) is 22.3 Å². The quantitative estimate of drug-likeness (QED) is 0.231. The number of hydrogen-bond donors (Lipinski definition) is 2. The SMILES string of the molecule is CNC(=O)/C=C/c1cc(=O)n(CC2OCCO2)c2cc(C)ccc12.CNC(=O)/C=C/c1cc(=O)n(CC=O)c2cc(C)ccc12. The van der Waals surface area contributed by atoms with Crippen LogP contribution < -0.4 is 21.8 Å². The van der Waals surface area contributed by atoms with Crippen LogP contribution in [0.4, 0.5) is 0 Å². The molecule has 3 heterocycles. The fourth-order valence-electron chi connectivity index (χ4n) is 4.92. The number of nitrogens with zero attached hydrogens (tertiary/aromatic N) is 2. The predicted octanol–water partition coefficient (Wildman–Crippen LogP) is 2.71. The molecule has 0 radical (unpaired) electrons. The molecule has 0 spiro atoms. The van der Waals surface area contributed by atoms with Gasteiger partial charge in [-0.05, 0) is 60.4 Å². The molecular formula is C34H36N4O7. The maximum atomic E-state index is 12.6. The number of pyridine rings is 2. The Morgan fingerprint density at radius 3 is 1.71 bits per heavy atom. The van der Waals surface area contributed by atoms with Crippen LogP contribution >= 0.6 is 0 Å². The molecule has 0 atom stereocenters. The molecule has 0 bridgehead atoms. The highest BCUT2D eigenvalue weighted by atomic mass is 16.7. The highest BCUT2D eigenvalue weighted by Gasteiger charge is 2.19. The number of likely N-dealkylation sites (N-methyl/N-ethyl adjacent to an activating group) is 2. The van der Waals surface area contributed by atoms with Crippen molar-refractivity contribution in [2.24, 2.45) is 0 Å². The lowest BCUT2D eigenvalue weighted by molar-refractivity contribution is -0.116. The molecule has 0 unspecified atom stereocenters. The zero-order valence-corrected chi connectivity index (χ0v) is 25.7. The molecular weight excluding hydrogens is 576 g/mol. The number of aldehydes is 1. The molecule has 2 aromatic heterocycles. The largest absolute Gasteiger partial charge is 0.356 e. The summed E-state index contributed by atoms with van der Waals surface area (Å²) < 4.78 is 14.0. The summed E-state index contributed by atoms with van der Waals surface area (Å²) in [5, 5.41) is 6.73. The lowest BCUT2D eigenvalue weighted by Crippen LogP contribution is -2.27. The number of carbonyl (C=O) groups excluding carboxylic acids is 3. The van der Waals surface area contributed by atoms with Gasteiger partial charge in [0.1, 0.15) is 6.29 Å². The van der Waals surface area contributed by atoms with E-state index in [-0.39, 0.29) is 29.5 Å². The minimum atomic E-state index is -0.404. The molecule has 4 aromatic rings. The Morgan fingerprint density at radius 2 is 1.24 bits per heavy atom. The van der Waals surface area contributed by atoms with Crippen LogP contribution in [0.15, 0.2) is 70.3 Å². The summed E-state index contributed by atoms with van der Waals surface area (Å²) in [5.74, 6) is -0.459. The first-order valence-corrected chi connectivity index (χ1v) is 14.4. The minimum absolute atomic E-state index is 0.0121. The van der Waals surface area contributed by atoms with Crippen LogP contribution in [0.2, 0.25) is 0 Å². The van der Waals surface area contributed by atoms with Crippen LogP contribution in [0.25, 0.3) is 34.0 Å². The molecule has 1 aliphatic rings. The number of rotatable bonds is 8. The summed E-state index contributed by atoms with van der Waals surface area (Å²) in [6, 6.07) is 14.5. The second-order valence-electron chi connectivity index (χ2n) is 10.4. The van der Waals surface area contributed by atoms with Gasteiger partial charge in [0.05, 0.1) is 37.3 Å². The zero-order chi connectivity index (χ0) is 32.5. The molecule has 5 rings (SSSR count). The third-order valence-corrected chi connectivity index (χ3v) is 7.20. The van der Waals surface area contributed by atoms with Gasteiger partial charge in [-0.2, -0.15) is 0 Å². The van der Waals surface area contributed by atoms with Gasteiger partial charge in [-0.3, -0.25) is 19.2 Å². The van der Waals surface area contributed by atoms with Gasteiger partial charge in [0, 0.05) is 49.2 Å². The molecule has 2 aromatic carbocycles. The van der Waals surface area contributed by atoms with Crippen molar-refractivity contribution in [2.45, 2.75) is 33.2 Å². The molecule has 234 valence electrons. The average molecular weight is 613 g/mol. The minimum Gasteiger partial charge on any atom is -0.356 e. The lowest BCUT2D eigenvalue weighted by Gasteiger charge is -2.16. The maximum absolute atomic E-state index is 12.6. The molecule has 1 saturated heterocycles. The van der Waals surface area contributed by atoms with E-state index in [2.05, 4.69) is 10.6 Å². The summed E-state index contributed by atoms with van der Waals surface area (Å²) in [4.78, 5) is 58.2. The van der Waals surface area contributed by atoms with E-state index < -0.39 is 6.29 Å². The van der Waals surface area contributed by atoms with Gasteiger partial charge in [0.15, 0.2) is 6.29 Å². The van der Waals surface area contributed by atoms with Crippen molar-refractivity contribution in [2.75, 3.05) is 27.3 Å². The fraction of sp³-hybridized carbons (Fsp3) is 0.265. The van der Waals surface area contributed by atoms with Crippen LogP contribution in [-0.4, -0.2) is 60.8 Å². The van der Waals surface area contributed by atoms with Gasteiger partial charge in [-0.25, -0.2) is 0 Å². The molecule has 1 fully saturated rings. The van der Waals surface area contributed by atoms with E-state index in [1.165, 1.54) is 35.9 Å². The van der Waals surface area contributed by atoms with E-state index in [0.717, 1.165) is 27.4 Å². The van der Waals surface area contributed by atoms with E-state index in [9.17, 15) is 24.0 Å². The smallest absolute Gasteiger partial charge is 0.252 e. The van der Waals surface area contributed by atoms with Crippen molar-refractivity contribution >= 4 is 52.1 Å². The Morgan fingerprint density at radius 1 is 0.778 bits per heavy atom. The number of hydrogen-bond acceptors (Lipinski definition) is 7. The number of ether oxygens (including phenoxy) is 2. The number of nitrogens with one attached hydrogen (secondary N) is 2. The number of aryl methyl sites for hydroxylation is 2. The van der Waals surface area contributed by atoms with E-state index in [0.29, 0.717) is 42.7 Å². The Bertz CT molecular complexity index is 1910. The zero-order valence-electron chi connectivity index (χ0n) is 25.7. The van der Waals surface area contributed by atoms with E-state index in [4.69, 9.17) is 9.47 Å². The first kappa shape index (κ1) is 32.8. The first-order valence-electron chi connectivity index (χ1n) is 14.4. The molecule has 1 aliphatic heterocycles. The third-order valence-electron chi connectivity index (χ3n) is 7.20. The highest BCUT2D eigenvalue weighted by Crippen LogP contribution is 2.22. The number of carbonyl (C=O) groups is 3. The molecule has 0 saturated carbocycles. The molecule has 0 aliphatic carbocycles. The monoisotopic (exact) mass is 612 g/mol. The predicted molar refractivity (Wildman–Crippen MR) is 174 cm³/mol. The van der Waals surface area contributed by atoms with Gasteiger partial charge in [-0.15, -0.1) is 0 Å². The molecule has 2 N–H and O–H groups in total. The standard InChI is InChI=1S/C18H20N2O4.C16H16N2O3/c1-12-3-5-14-13(4-6-16(21)19-2)10-17(22)20(15(14)9-12)11-18-23-7-8-24-18;1-11-3-5-13-12(4-6-15(20)17-2)10-16(21)18(7-8-19)14(13)9-11/h3-6,9-10,18H,7-8,11H2,1-2H3,(H,19,21);3-6,8-10H,7H2,1-2H3,(H,17,20)/b2*6-4+. The van der Waals surface area contributed by atoms with Gasteiger partial charge >= 0.3 is 0 Å². The Hall–Kier alpha value is -5.13. The molecule has 11 nitrogen and oxygen atoms in total.